The SMILES string of the molecule is C=CC(=O)N1C[C@H](Nc2ncnc3c2ccn3COC(=O)C(C)c2ccc(CC(C)C)cc2)CC[C@@H]1C. The average molecular weight is 504 g/mol. The van der Waals surface area contributed by atoms with Gasteiger partial charge >= 0.3 is 5.97 Å². The number of carbonyl (C=O) groups excluding carboxylic acids is 2. The Morgan fingerprint density at radius 2 is 1.92 bits per heavy atom. The Balaban J connectivity index is 1.40. The number of piperidine rings is 1. The Labute approximate surface area is 218 Å². The number of nitrogens with one attached hydrogen (secondary N) is 1. The lowest BCUT2D eigenvalue weighted by Gasteiger charge is -2.38. The van der Waals surface area contributed by atoms with Crippen LogP contribution in [0.1, 0.15) is 57.6 Å². The van der Waals surface area contributed by atoms with Gasteiger partial charge in [0.15, 0.2) is 6.73 Å². The fourth-order valence-electron chi connectivity index (χ4n) is 4.87. The maximum absolute atomic E-state index is 12.8. The summed E-state index contributed by atoms with van der Waals surface area (Å²) in [4.78, 5) is 35.7. The zero-order valence-corrected chi connectivity index (χ0v) is 22.2. The number of benzene rings is 1. The molecule has 3 aromatic rings. The van der Waals surface area contributed by atoms with Gasteiger partial charge in [-0.3, -0.25) is 14.2 Å². The molecule has 0 spiro atoms. The molecule has 0 radical (unpaired) electrons. The summed E-state index contributed by atoms with van der Waals surface area (Å²) >= 11 is 0. The Bertz CT molecular complexity index is 1250. The third-order valence-corrected chi connectivity index (χ3v) is 7.06. The molecule has 37 heavy (non-hydrogen) atoms. The Hall–Kier alpha value is -3.68. The van der Waals surface area contributed by atoms with E-state index in [1.807, 2.05) is 36.2 Å². The van der Waals surface area contributed by atoms with Gasteiger partial charge in [0, 0.05) is 24.8 Å². The molecule has 3 atom stereocenters. The van der Waals surface area contributed by atoms with Gasteiger partial charge in [-0.15, -0.1) is 0 Å². The molecule has 0 aliphatic carbocycles. The highest BCUT2D eigenvalue weighted by molar-refractivity contribution is 5.88. The van der Waals surface area contributed by atoms with Crippen molar-refractivity contribution in [3.8, 4) is 0 Å². The Morgan fingerprint density at radius 3 is 2.62 bits per heavy atom. The van der Waals surface area contributed by atoms with E-state index in [-0.39, 0.29) is 36.6 Å². The van der Waals surface area contributed by atoms with E-state index in [2.05, 4.69) is 54.8 Å². The number of fused-ring (bicyclic) bond motifs is 1. The highest BCUT2D eigenvalue weighted by atomic mass is 16.5. The number of nitrogens with zero attached hydrogens (tertiary/aromatic N) is 4. The first kappa shape index (κ1) is 26.4. The fourth-order valence-corrected chi connectivity index (χ4v) is 4.87. The summed E-state index contributed by atoms with van der Waals surface area (Å²) in [6.45, 7) is 12.6. The van der Waals surface area contributed by atoms with E-state index < -0.39 is 0 Å². The summed E-state index contributed by atoms with van der Waals surface area (Å²) in [5.74, 6) is 0.591. The quantitative estimate of drug-likeness (QED) is 0.330. The maximum atomic E-state index is 12.8. The molecule has 8 heteroatoms. The first-order valence-corrected chi connectivity index (χ1v) is 13.0. The number of amides is 1. The molecule has 4 rings (SSSR count). The molecule has 1 aromatic carbocycles. The molecule has 0 saturated carbocycles. The van der Waals surface area contributed by atoms with Crippen molar-refractivity contribution in [1.82, 2.24) is 19.4 Å². The van der Waals surface area contributed by atoms with Gasteiger partial charge in [0.2, 0.25) is 5.91 Å². The molecular formula is C29H37N5O3. The second-order valence-electron chi connectivity index (χ2n) is 10.4. The summed E-state index contributed by atoms with van der Waals surface area (Å²) in [6.07, 6.45) is 7.57. The Kier molecular flexibility index (Phi) is 8.26. The van der Waals surface area contributed by atoms with Gasteiger partial charge in [-0.25, -0.2) is 9.97 Å². The summed E-state index contributed by atoms with van der Waals surface area (Å²) < 4.78 is 7.45. The van der Waals surface area contributed by atoms with Crippen LogP contribution < -0.4 is 5.32 Å². The van der Waals surface area contributed by atoms with Crippen molar-refractivity contribution in [2.45, 2.75) is 71.7 Å². The van der Waals surface area contributed by atoms with Crippen molar-refractivity contribution in [2.75, 3.05) is 11.9 Å². The number of carbonyl (C=O) groups is 2. The highest BCUT2D eigenvalue weighted by Crippen LogP contribution is 2.25. The third-order valence-electron chi connectivity index (χ3n) is 7.06. The molecule has 2 aromatic heterocycles. The van der Waals surface area contributed by atoms with Gasteiger partial charge in [-0.05, 0) is 62.3 Å². The monoisotopic (exact) mass is 503 g/mol. The maximum Gasteiger partial charge on any atom is 0.314 e. The van der Waals surface area contributed by atoms with Crippen LogP contribution in [0.2, 0.25) is 0 Å². The molecule has 8 nitrogen and oxygen atoms in total. The number of esters is 1. The summed E-state index contributed by atoms with van der Waals surface area (Å²) in [7, 11) is 0. The molecule has 1 N–H and O–H groups in total. The second-order valence-corrected chi connectivity index (χ2v) is 10.4. The standard InChI is InChI=1S/C29H37N5O3/c1-6-26(35)34-16-24(12-7-20(34)4)32-27-25-13-14-33(28(25)31-17-30-27)18-37-29(36)21(5)23-10-8-22(9-11-23)15-19(2)3/h6,8-11,13-14,17,19-21,24H,1,7,12,15-16,18H2,2-5H3,(H,30,31,32)/t20-,21?,24+/m0/s1. The number of hydrogen-bond donors (Lipinski definition) is 1. The molecule has 196 valence electrons. The van der Waals surface area contributed by atoms with E-state index in [9.17, 15) is 9.59 Å². The molecule has 1 saturated heterocycles. The van der Waals surface area contributed by atoms with E-state index in [1.54, 1.807) is 4.57 Å². The van der Waals surface area contributed by atoms with Gasteiger partial charge < -0.3 is 15.0 Å². The molecule has 0 bridgehead atoms. The first-order valence-electron chi connectivity index (χ1n) is 13.0. The number of ether oxygens (including phenoxy) is 1. The minimum atomic E-state index is -0.364. The van der Waals surface area contributed by atoms with Crippen LogP contribution in [0.15, 0.2) is 55.5 Å². The number of rotatable bonds is 9. The predicted octanol–water partition coefficient (Wildman–Crippen LogP) is 4.91. The van der Waals surface area contributed by atoms with Crippen molar-refractivity contribution in [3.63, 3.8) is 0 Å². The van der Waals surface area contributed by atoms with Crippen molar-refractivity contribution in [1.29, 1.82) is 0 Å². The van der Waals surface area contributed by atoms with Gasteiger partial charge in [0.1, 0.15) is 17.8 Å². The number of hydrogen-bond acceptors (Lipinski definition) is 6. The molecule has 3 heterocycles. The lowest BCUT2D eigenvalue weighted by molar-refractivity contribution is -0.148. The third kappa shape index (κ3) is 6.18. The van der Waals surface area contributed by atoms with E-state index >= 15 is 0 Å². The topological polar surface area (TPSA) is 89.3 Å². The smallest absolute Gasteiger partial charge is 0.314 e. The van der Waals surface area contributed by atoms with Crippen LogP contribution in [-0.2, 0) is 27.5 Å². The van der Waals surface area contributed by atoms with Crippen LogP contribution >= 0.6 is 0 Å². The van der Waals surface area contributed by atoms with Crippen molar-refractivity contribution in [2.24, 2.45) is 5.92 Å². The van der Waals surface area contributed by atoms with E-state index in [4.69, 9.17) is 4.74 Å². The largest absolute Gasteiger partial charge is 0.443 e. The summed E-state index contributed by atoms with van der Waals surface area (Å²) in [5.41, 5.74) is 2.89. The summed E-state index contributed by atoms with van der Waals surface area (Å²) in [6, 6.07) is 10.4. The summed E-state index contributed by atoms with van der Waals surface area (Å²) in [5, 5.41) is 4.33. The highest BCUT2D eigenvalue weighted by Gasteiger charge is 2.28. The van der Waals surface area contributed by atoms with Gasteiger partial charge in [0.25, 0.3) is 0 Å². The average Bonchev–Trinajstić information content (AvgIpc) is 3.31. The first-order chi connectivity index (χ1) is 17.8. The zero-order valence-electron chi connectivity index (χ0n) is 22.2. The normalized spacial score (nSPS) is 18.6. The minimum absolute atomic E-state index is 0.0551. The lowest BCUT2D eigenvalue weighted by atomic mass is 9.97. The number of likely N-dealkylation sites (tertiary alicyclic amines) is 1. The van der Waals surface area contributed by atoms with Crippen LogP contribution in [0.4, 0.5) is 5.82 Å². The van der Waals surface area contributed by atoms with Crippen molar-refractivity contribution < 1.29 is 14.3 Å². The van der Waals surface area contributed by atoms with E-state index in [0.29, 0.717) is 23.9 Å². The van der Waals surface area contributed by atoms with Gasteiger partial charge in [-0.1, -0.05) is 44.7 Å². The molecule has 1 fully saturated rings. The van der Waals surface area contributed by atoms with Crippen LogP contribution in [0.5, 0.6) is 0 Å². The second kappa shape index (κ2) is 11.6. The number of anilines is 1. The van der Waals surface area contributed by atoms with Gasteiger partial charge in [-0.2, -0.15) is 0 Å². The fraction of sp³-hybridized carbons (Fsp3) is 0.448. The number of aromatic nitrogens is 3. The zero-order chi connectivity index (χ0) is 26.5. The van der Waals surface area contributed by atoms with Crippen molar-refractivity contribution >= 4 is 28.7 Å². The van der Waals surface area contributed by atoms with E-state index in [1.165, 1.54) is 18.0 Å². The van der Waals surface area contributed by atoms with Crippen LogP contribution in [-0.4, -0.2) is 49.9 Å². The van der Waals surface area contributed by atoms with Crippen LogP contribution in [0, 0.1) is 5.92 Å². The molecule has 1 aliphatic rings. The van der Waals surface area contributed by atoms with Crippen LogP contribution in [0.25, 0.3) is 11.0 Å². The molecule has 1 unspecified atom stereocenters. The molecule has 1 aliphatic heterocycles. The minimum Gasteiger partial charge on any atom is -0.443 e. The van der Waals surface area contributed by atoms with Gasteiger partial charge in [0.05, 0.1) is 11.3 Å². The van der Waals surface area contributed by atoms with E-state index in [0.717, 1.165) is 30.2 Å². The molecular weight excluding hydrogens is 466 g/mol. The predicted molar refractivity (Wildman–Crippen MR) is 145 cm³/mol. The molecule has 1 amide bonds. The lowest BCUT2D eigenvalue weighted by Crippen LogP contribution is -2.49. The Morgan fingerprint density at radius 1 is 1.16 bits per heavy atom. The van der Waals surface area contributed by atoms with Crippen molar-refractivity contribution in [3.05, 3.63) is 66.6 Å². The van der Waals surface area contributed by atoms with Crippen LogP contribution in [0.3, 0.4) is 0 Å².